The molecule has 3 N–H and O–H groups in total. The zero-order valence-electron chi connectivity index (χ0n) is 16.0. The lowest BCUT2D eigenvalue weighted by atomic mass is 9.82. The number of carbonyl (C=O) groups is 1. The molecule has 2 aromatic rings. The molecule has 146 valence electrons. The van der Waals surface area contributed by atoms with Gasteiger partial charge in [0.05, 0.1) is 18.9 Å². The first kappa shape index (κ1) is 19.6. The number of urea groups is 1. The van der Waals surface area contributed by atoms with Crippen LogP contribution in [-0.4, -0.2) is 35.4 Å². The first-order chi connectivity index (χ1) is 12.9. The van der Waals surface area contributed by atoms with Crippen LogP contribution in [0.4, 0.5) is 9.93 Å². The number of rotatable bonds is 5. The molecule has 0 saturated heterocycles. The Kier molecular flexibility index (Phi) is 6.01. The number of carbonyl (C=O) groups excluding carboxylic acids is 1. The lowest BCUT2D eigenvalue weighted by Crippen LogP contribution is -2.41. The molecule has 1 aliphatic carbocycles. The van der Waals surface area contributed by atoms with E-state index in [0.717, 1.165) is 36.3 Å². The van der Waals surface area contributed by atoms with Gasteiger partial charge in [0.1, 0.15) is 5.75 Å². The Morgan fingerprint density at radius 2 is 2.04 bits per heavy atom. The van der Waals surface area contributed by atoms with E-state index in [4.69, 9.17) is 4.74 Å². The Hall–Kier alpha value is -2.12. The SMILES string of the molecule is COc1ccc(C(C)(C)c2csc(NC(=O)NC3CCCC(O)C3)n2)cc1. The summed E-state index contributed by atoms with van der Waals surface area (Å²) >= 11 is 1.41. The van der Waals surface area contributed by atoms with Gasteiger partial charge in [0.25, 0.3) is 0 Å². The quantitative estimate of drug-likeness (QED) is 0.724. The third kappa shape index (κ3) is 4.78. The molecule has 1 heterocycles. The first-order valence-electron chi connectivity index (χ1n) is 9.24. The van der Waals surface area contributed by atoms with Crippen molar-refractivity contribution in [2.24, 2.45) is 0 Å². The number of anilines is 1. The van der Waals surface area contributed by atoms with Gasteiger partial charge < -0.3 is 15.2 Å². The van der Waals surface area contributed by atoms with Crippen LogP contribution in [0, 0.1) is 0 Å². The monoisotopic (exact) mass is 389 g/mol. The van der Waals surface area contributed by atoms with E-state index in [9.17, 15) is 9.90 Å². The van der Waals surface area contributed by atoms with Gasteiger partial charge in [-0.05, 0) is 43.4 Å². The van der Waals surface area contributed by atoms with Crippen LogP contribution in [0.25, 0.3) is 0 Å². The molecule has 6 nitrogen and oxygen atoms in total. The second-order valence-corrected chi connectivity index (χ2v) is 8.37. The maximum absolute atomic E-state index is 12.2. The number of aliphatic hydroxyl groups is 1. The summed E-state index contributed by atoms with van der Waals surface area (Å²) in [5.41, 5.74) is 1.74. The zero-order chi connectivity index (χ0) is 19.4. The van der Waals surface area contributed by atoms with E-state index in [1.165, 1.54) is 11.3 Å². The van der Waals surface area contributed by atoms with Crippen molar-refractivity contribution in [1.82, 2.24) is 10.3 Å². The highest BCUT2D eigenvalue weighted by Gasteiger charge is 2.27. The third-order valence-electron chi connectivity index (χ3n) is 5.16. The maximum atomic E-state index is 12.2. The average molecular weight is 390 g/mol. The molecule has 7 heteroatoms. The minimum absolute atomic E-state index is 0.0175. The van der Waals surface area contributed by atoms with Gasteiger partial charge in [-0.3, -0.25) is 5.32 Å². The van der Waals surface area contributed by atoms with Crippen molar-refractivity contribution in [1.29, 1.82) is 0 Å². The summed E-state index contributed by atoms with van der Waals surface area (Å²) in [6.07, 6.45) is 2.94. The summed E-state index contributed by atoms with van der Waals surface area (Å²) in [5.74, 6) is 0.819. The topological polar surface area (TPSA) is 83.5 Å². The number of hydrogen-bond donors (Lipinski definition) is 3. The highest BCUT2D eigenvalue weighted by Crippen LogP contribution is 2.34. The molecule has 3 rings (SSSR count). The van der Waals surface area contributed by atoms with Gasteiger partial charge in [-0.1, -0.05) is 26.0 Å². The van der Waals surface area contributed by atoms with E-state index in [-0.39, 0.29) is 23.6 Å². The molecule has 1 fully saturated rings. The van der Waals surface area contributed by atoms with Crippen LogP contribution < -0.4 is 15.4 Å². The maximum Gasteiger partial charge on any atom is 0.321 e. The van der Waals surface area contributed by atoms with Crippen LogP contribution in [0.5, 0.6) is 5.75 Å². The van der Waals surface area contributed by atoms with Crippen molar-refractivity contribution < 1.29 is 14.6 Å². The Labute approximate surface area is 164 Å². The number of nitrogens with one attached hydrogen (secondary N) is 2. The fourth-order valence-corrected chi connectivity index (χ4v) is 4.26. The molecule has 1 saturated carbocycles. The Morgan fingerprint density at radius 1 is 1.30 bits per heavy atom. The Balaban J connectivity index is 1.63. The highest BCUT2D eigenvalue weighted by molar-refractivity contribution is 7.13. The van der Waals surface area contributed by atoms with Gasteiger partial charge in [0, 0.05) is 16.8 Å². The Morgan fingerprint density at radius 3 is 2.70 bits per heavy atom. The molecule has 1 aliphatic rings. The fraction of sp³-hybridized carbons (Fsp3) is 0.500. The van der Waals surface area contributed by atoms with Gasteiger partial charge in [-0.25, -0.2) is 9.78 Å². The van der Waals surface area contributed by atoms with Crippen molar-refractivity contribution >= 4 is 22.5 Å². The van der Waals surface area contributed by atoms with Crippen LogP contribution in [0.2, 0.25) is 0 Å². The van der Waals surface area contributed by atoms with Crippen molar-refractivity contribution in [2.45, 2.75) is 57.1 Å². The van der Waals surface area contributed by atoms with Gasteiger partial charge in [0.2, 0.25) is 0 Å². The molecule has 0 aliphatic heterocycles. The van der Waals surface area contributed by atoms with E-state index in [1.54, 1.807) is 7.11 Å². The highest BCUT2D eigenvalue weighted by atomic mass is 32.1. The molecule has 2 unspecified atom stereocenters. The van der Waals surface area contributed by atoms with Crippen LogP contribution in [-0.2, 0) is 5.41 Å². The van der Waals surface area contributed by atoms with Crippen LogP contribution in [0.1, 0.15) is 50.8 Å². The number of ether oxygens (including phenoxy) is 1. The number of thiazole rings is 1. The van der Waals surface area contributed by atoms with E-state index < -0.39 is 0 Å². The fourth-order valence-electron chi connectivity index (χ4n) is 3.39. The van der Waals surface area contributed by atoms with E-state index in [0.29, 0.717) is 11.6 Å². The molecule has 1 aromatic carbocycles. The van der Waals surface area contributed by atoms with Gasteiger partial charge >= 0.3 is 6.03 Å². The lowest BCUT2D eigenvalue weighted by molar-refractivity contribution is 0.114. The second-order valence-electron chi connectivity index (χ2n) is 7.51. The number of hydrogen-bond acceptors (Lipinski definition) is 5. The zero-order valence-corrected chi connectivity index (χ0v) is 16.8. The summed E-state index contributed by atoms with van der Waals surface area (Å²) < 4.78 is 5.22. The van der Waals surface area contributed by atoms with E-state index >= 15 is 0 Å². The van der Waals surface area contributed by atoms with Crippen molar-refractivity contribution in [3.05, 3.63) is 40.9 Å². The summed E-state index contributed by atoms with van der Waals surface area (Å²) in [6.45, 7) is 4.22. The van der Waals surface area contributed by atoms with Crippen molar-refractivity contribution in [3.63, 3.8) is 0 Å². The molecule has 1 aromatic heterocycles. The lowest BCUT2D eigenvalue weighted by Gasteiger charge is -2.26. The summed E-state index contributed by atoms with van der Waals surface area (Å²) in [6, 6.07) is 7.70. The summed E-state index contributed by atoms with van der Waals surface area (Å²) in [7, 11) is 1.65. The van der Waals surface area contributed by atoms with Crippen LogP contribution in [0.15, 0.2) is 29.6 Å². The molecule has 27 heavy (non-hydrogen) atoms. The second kappa shape index (κ2) is 8.27. The molecule has 2 atom stereocenters. The summed E-state index contributed by atoms with van der Waals surface area (Å²) in [5, 5.41) is 18.0. The normalized spacial score (nSPS) is 20.1. The summed E-state index contributed by atoms with van der Waals surface area (Å²) in [4.78, 5) is 16.9. The molecule has 2 amide bonds. The van der Waals surface area contributed by atoms with Crippen molar-refractivity contribution in [2.75, 3.05) is 12.4 Å². The van der Waals surface area contributed by atoms with E-state index in [1.807, 2.05) is 29.6 Å². The number of aliphatic hydroxyl groups excluding tert-OH is 1. The predicted molar refractivity (Wildman–Crippen MR) is 108 cm³/mol. The van der Waals surface area contributed by atoms with Crippen LogP contribution >= 0.6 is 11.3 Å². The number of nitrogens with zero attached hydrogens (tertiary/aromatic N) is 1. The van der Waals surface area contributed by atoms with E-state index in [2.05, 4.69) is 29.5 Å². The number of aromatic nitrogens is 1. The molecule has 0 spiro atoms. The largest absolute Gasteiger partial charge is 0.497 e. The van der Waals surface area contributed by atoms with Gasteiger partial charge in [-0.2, -0.15) is 0 Å². The standard InChI is InChI=1S/C20H27N3O3S/c1-20(2,13-7-9-16(26-3)10-8-13)17-12-27-19(22-17)23-18(25)21-14-5-4-6-15(24)11-14/h7-10,12,14-15,24H,4-6,11H2,1-3H3,(H2,21,22,23,25). The predicted octanol–water partition coefficient (Wildman–Crippen LogP) is 3.90. The number of methoxy groups -OCH3 is 1. The molecular formula is C20H27N3O3S. The molecule has 0 radical (unpaired) electrons. The number of benzene rings is 1. The smallest absolute Gasteiger partial charge is 0.321 e. The van der Waals surface area contributed by atoms with Gasteiger partial charge in [0.15, 0.2) is 5.13 Å². The average Bonchev–Trinajstić information content (AvgIpc) is 3.11. The molecular weight excluding hydrogens is 362 g/mol. The van der Waals surface area contributed by atoms with Gasteiger partial charge in [-0.15, -0.1) is 11.3 Å². The minimum Gasteiger partial charge on any atom is -0.497 e. The Bertz CT molecular complexity index is 773. The third-order valence-corrected chi connectivity index (χ3v) is 5.92. The van der Waals surface area contributed by atoms with Crippen molar-refractivity contribution in [3.8, 4) is 5.75 Å². The number of amides is 2. The first-order valence-corrected chi connectivity index (χ1v) is 10.1. The van der Waals surface area contributed by atoms with Crippen LogP contribution in [0.3, 0.4) is 0 Å². The molecule has 0 bridgehead atoms. The minimum atomic E-state index is -0.319.